The lowest BCUT2D eigenvalue weighted by atomic mass is 9.98. The quantitative estimate of drug-likeness (QED) is 0.382. The fraction of sp³-hybridized carbons (Fsp3) is 0.167. The number of benzene rings is 3. The number of hydrogen-bond donors (Lipinski definition) is 2. The number of nitrogens with two attached hydrogens (primary N) is 1. The van der Waals surface area contributed by atoms with Crippen LogP contribution in [0.1, 0.15) is 33.5 Å². The lowest BCUT2D eigenvalue weighted by Crippen LogP contribution is -2.16. The number of carbonyl (C=O) groups is 2. The molecule has 0 aromatic heterocycles. The molecule has 3 N–H and O–H groups in total. The third-order valence-electron chi connectivity index (χ3n) is 4.71. The normalized spacial score (nSPS) is 10.8. The molecule has 3 aromatic carbocycles. The number of aliphatic hydroxyl groups is 1. The van der Waals surface area contributed by atoms with Gasteiger partial charge in [-0.15, -0.1) is 0 Å². The van der Waals surface area contributed by atoms with E-state index in [1.165, 1.54) is 6.07 Å². The van der Waals surface area contributed by atoms with Gasteiger partial charge in [0.25, 0.3) is 5.91 Å². The average molecular weight is 551 g/mol. The smallest absolute Gasteiger partial charge is 0.252 e. The van der Waals surface area contributed by atoms with Gasteiger partial charge in [-0.1, -0.05) is 18.2 Å². The highest BCUT2D eigenvalue weighted by Crippen LogP contribution is 2.31. The molecular formula is C24H20F2INO4. The summed E-state index contributed by atoms with van der Waals surface area (Å²) in [5, 5.41) is 8.89. The van der Waals surface area contributed by atoms with Crippen molar-refractivity contribution in [2.45, 2.75) is 19.3 Å². The molecule has 0 saturated carbocycles. The highest BCUT2D eigenvalue weighted by Gasteiger charge is 2.20. The van der Waals surface area contributed by atoms with E-state index in [2.05, 4.69) is 0 Å². The summed E-state index contributed by atoms with van der Waals surface area (Å²) in [6.07, 6.45) is 0.0883. The average Bonchev–Trinajstić information content (AvgIpc) is 2.70. The summed E-state index contributed by atoms with van der Waals surface area (Å²) in [5.74, 6) is -1.94. The second-order valence-electron chi connectivity index (χ2n) is 7.15. The number of halogens is 3. The standard InChI is InChI=1S/C24H20F2INO4/c25-17-11-16(10-15-4-5-18(27)13-21(15)26)23(24(28)31)22(12-17)32-20-3-1-2-14(9-20)8-19(30)6-7-29/h1-5,9,11-13,29H,6-8,10H2,(H2,28,31). The number of ketones is 1. The number of carbonyl (C=O) groups excluding carboxylic acids is 2. The minimum absolute atomic E-state index is 0.0409. The Balaban J connectivity index is 1.95. The predicted molar refractivity (Wildman–Crippen MR) is 124 cm³/mol. The summed E-state index contributed by atoms with van der Waals surface area (Å²) >= 11 is 1.98. The number of aliphatic hydroxyl groups excluding tert-OH is 1. The molecule has 0 spiro atoms. The molecular weight excluding hydrogens is 531 g/mol. The van der Waals surface area contributed by atoms with Crippen LogP contribution in [-0.4, -0.2) is 23.4 Å². The van der Waals surface area contributed by atoms with Crippen LogP contribution in [0.3, 0.4) is 0 Å². The van der Waals surface area contributed by atoms with Crippen molar-refractivity contribution in [2.24, 2.45) is 5.73 Å². The van der Waals surface area contributed by atoms with Gasteiger partial charge in [0.2, 0.25) is 0 Å². The third-order valence-corrected chi connectivity index (χ3v) is 5.38. The van der Waals surface area contributed by atoms with Gasteiger partial charge < -0.3 is 15.6 Å². The van der Waals surface area contributed by atoms with E-state index in [0.29, 0.717) is 9.13 Å². The van der Waals surface area contributed by atoms with Crippen molar-refractivity contribution >= 4 is 34.3 Å². The molecule has 0 aliphatic heterocycles. The van der Waals surface area contributed by atoms with Crippen LogP contribution in [0.25, 0.3) is 0 Å². The minimum Gasteiger partial charge on any atom is -0.456 e. The van der Waals surface area contributed by atoms with Gasteiger partial charge in [0.1, 0.15) is 28.9 Å². The molecule has 0 heterocycles. The molecule has 0 fully saturated rings. The Hall–Kier alpha value is -2.85. The second kappa shape index (κ2) is 10.6. The number of rotatable bonds is 9. The predicted octanol–water partition coefficient (Wildman–Crippen LogP) is 4.55. The number of hydrogen-bond acceptors (Lipinski definition) is 4. The molecule has 1 amide bonds. The van der Waals surface area contributed by atoms with E-state index in [1.54, 1.807) is 36.4 Å². The van der Waals surface area contributed by atoms with Crippen molar-refractivity contribution in [1.29, 1.82) is 0 Å². The summed E-state index contributed by atoms with van der Waals surface area (Å²) in [5.41, 5.74) is 6.63. The molecule has 0 atom stereocenters. The van der Waals surface area contributed by atoms with Crippen molar-refractivity contribution in [3.05, 3.63) is 92.1 Å². The van der Waals surface area contributed by atoms with Crippen LogP contribution in [0.2, 0.25) is 0 Å². The largest absolute Gasteiger partial charge is 0.456 e. The maximum absolute atomic E-state index is 14.4. The van der Waals surface area contributed by atoms with E-state index >= 15 is 0 Å². The first-order chi connectivity index (χ1) is 15.3. The zero-order valence-electron chi connectivity index (χ0n) is 16.9. The maximum Gasteiger partial charge on any atom is 0.252 e. The molecule has 5 nitrogen and oxygen atoms in total. The van der Waals surface area contributed by atoms with Gasteiger partial charge in [-0.05, 0) is 69.6 Å². The molecule has 166 valence electrons. The van der Waals surface area contributed by atoms with Crippen LogP contribution < -0.4 is 10.5 Å². The summed E-state index contributed by atoms with van der Waals surface area (Å²) in [6.45, 7) is -0.232. The van der Waals surface area contributed by atoms with E-state index in [9.17, 15) is 18.4 Å². The van der Waals surface area contributed by atoms with Crippen LogP contribution in [-0.2, 0) is 17.6 Å². The molecule has 0 radical (unpaired) electrons. The third kappa shape index (κ3) is 6.10. The van der Waals surface area contributed by atoms with Gasteiger partial charge in [0.15, 0.2) is 0 Å². The monoisotopic (exact) mass is 551 g/mol. The van der Waals surface area contributed by atoms with Crippen LogP contribution >= 0.6 is 22.6 Å². The van der Waals surface area contributed by atoms with E-state index in [-0.39, 0.29) is 59.8 Å². The van der Waals surface area contributed by atoms with Crippen molar-refractivity contribution in [3.63, 3.8) is 0 Å². The fourth-order valence-corrected chi connectivity index (χ4v) is 3.75. The summed E-state index contributed by atoms with van der Waals surface area (Å²) in [4.78, 5) is 24.0. The Bertz CT molecular complexity index is 1170. The van der Waals surface area contributed by atoms with Crippen molar-refractivity contribution in [3.8, 4) is 11.5 Å². The first kappa shape index (κ1) is 23.8. The van der Waals surface area contributed by atoms with Crippen LogP contribution in [0, 0.1) is 15.2 Å². The van der Waals surface area contributed by atoms with E-state index in [0.717, 1.165) is 12.1 Å². The lowest BCUT2D eigenvalue weighted by molar-refractivity contribution is -0.119. The highest BCUT2D eigenvalue weighted by atomic mass is 127. The van der Waals surface area contributed by atoms with Crippen LogP contribution in [0.4, 0.5) is 8.78 Å². The van der Waals surface area contributed by atoms with Gasteiger partial charge in [-0.2, -0.15) is 0 Å². The van der Waals surface area contributed by atoms with Gasteiger partial charge in [0.05, 0.1) is 5.56 Å². The Kier molecular flexibility index (Phi) is 7.92. The summed E-state index contributed by atoms with van der Waals surface area (Å²) < 4.78 is 35.2. The Labute approximate surface area is 197 Å². The molecule has 0 saturated heterocycles. The zero-order valence-corrected chi connectivity index (χ0v) is 19.1. The topological polar surface area (TPSA) is 89.6 Å². The molecule has 0 aliphatic carbocycles. The van der Waals surface area contributed by atoms with Crippen molar-refractivity contribution in [1.82, 2.24) is 0 Å². The molecule has 3 aromatic rings. The molecule has 32 heavy (non-hydrogen) atoms. The molecule has 8 heteroatoms. The highest BCUT2D eigenvalue weighted by molar-refractivity contribution is 14.1. The lowest BCUT2D eigenvalue weighted by Gasteiger charge is -2.15. The number of primary amides is 1. The van der Waals surface area contributed by atoms with Gasteiger partial charge in [-0.3, -0.25) is 9.59 Å². The van der Waals surface area contributed by atoms with E-state index in [1.807, 2.05) is 22.6 Å². The molecule has 0 bridgehead atoms. The SMILES string of the molecule is NC(=O)c1c(Cc2ccc(I)cc2F)cc(F)cc1Oc1cccc(CC(=O)CCO)c1. The zero-order chi connectivity index (χ0) is 23.3. The van der Waals surface area contributed by atoms with Crippen LogP contribution in [0.15, 0.2) is 54.6 Å². The maximum atomic E-state index is 14.4. The first-order valence-electron chi connectivity index (χ1n) is 9.72. The fourth-order valence-electron chi connectivity index (χ4n) is 3.29. The minimum atomic E-state index is -0.838. The van der Waals surface area contributed by atoms with Gasteiger partial charge in [0, 0.05) is 35.5 Å². The summed E-state index contributed by atoms with van der Waals surface area (Å²) in [7, 11) is 0. The summed E-state index contributed by atoms with van der Waals surface area (Å²) in [6, 6.07) is 13.3. The number of Topliss-reactive ketones (excluding diaryl/α,β-unsaturated/α-hetero) is 1. The number of ether oxygens (including phenoxy) is 1. The Morgan fingerprint density at radius 3 is 2.50 bits per heavy atom. The Morgan fingerprint density at radius 2 is 1.81 bits per heavy atom. The van der Waals surface area contributed by atoms with E-state index < -0.39 is 17.5 Å². The van der Waals surface area contributed by atoms with Crippen molar-refractivity contribution in [2.75, 3.05) is 6.61 Å². The first-order valence-corrected chi connectivity index (χ1v) is 10.8. The van der Waals surface area contributed by atoms with Crippen molar-refractivity contribution < 1.29 is 28.2 Å². The molecule has 0 aliphatic rings. The Morgan fingerprint density at radius 1 is 1.03 bits per heavy atom. The van der Waals surface area contributed by atoms with E-state index in [4.69, 9.17) is 15.6 Å². The number of amides is 1. The van der Waals surface area contributed by atoms with Crippen LogP contribution in [0.5, 0.6) is 11.5 Å². The second-order valence-corrected chi connectivity index (χ2v) is 8.40. The molecule has 3 rings (SSSR count). The molecule has 0 unspecified atom stereocenters. The van der Waals surface area contributed by atoms with Gasteiger partial charge >= 0.3 is 0 Å². The van der Waals surface area contributed by atoms with Gasteiger partial charge in [-0.25, -0.2) is 8.78 Å².